The van der Waals surface area contributed by atoms with Gasteiger partial charge in [0.15, 0.2) is 6.40 Å². The average molecular weight is 354 g/mol. The summed E-state index contributed by atoms with van der Waals surface area (Å²) in [5.74, 6) is -0.0693. The summed E-state index contributed by atoms with van der Waals surface area (Å²) in [6.07, 6.45) is 8.90. The van der Waals surface area contributed by atoms with Gasteiger partial charge in [0.2, 0.25) is 5.79 Å². The molecular weight excluding hydrogens is 314 g/mol. The Morgan fingerprint density at radius 3 is 2.28 bits per heavy atom. The molecule has 1 aliphatic rings. The lowest BCUT2D eigenvalue weighted by atomic mass is 9.94. The van der Waals surface area contributed by atoms with E-state index in [2.05, 4.69) is 56.9 Å². The molecule has 0 saturated carbocycles. The topological polar surface area (TPSA) is 53.9 Å². The second-order valence-corrected chi connectivity index (χ2v) is 7.60. The van der Waals surface area contributed by atoms with E-state index in [1.807, 2.05) is 0 Å². The molecule has 0 aliphatic carbocycles. The van der Waals surface area contributed by atoms with E-state index in [4.69, 9.17) is 4.84 Å². The van der Waals surface area contributed by atoms with Crippen LogP contribution in [0.25, 0.3) is 0 Å². The number of rotatable bonds is 13. The molecular formula is C20H39N3O2. The van der Waals surface area contributed by atoms with Gasteiger partial charge < -0.3 is 4.84 Å². The van der Waals surface area contributed by atoms with Crippen molar-refractivity contribution in [3.8, 4) is 0 Å². The van der Waals surface area contributed by atoms with Gasteiger partial charge in [-0.3, -0.25) is 9.69 Å². The van der Waals surface area contributed by atoms with Gasteiger partial charge in [-0.05, 0) is 32.1 Å². The van der Waals surface area contributed by atoms with E-state index in [0.717, 1.165) is 38.5 Å². The van der Waals surface area contributed by atoms with E-state index in [1.165, 1.54) is 6.40 Å². The van der Waals surface area contributed by atoms with Crippen molar-refractivity contribution in [1.29, 1.82) is 0 Å². The van der Waals surface area contributed by atoms with Gasteiger partial charge in [-0.25, -0.2) is 4.99 Å². The van der Waals surface area contributed by atoms with Gasteiger partial charge >= 0.3 is 0 Å². The van der Waals surface area contributed by atoms with Crippen molar-refractivity contribution in [3.63, 3.8) is 0 Å². The van der Waals surface area contributed by atoms with Crippen molar-refractivity contribution in [2.45, 2.75) is 111 Å². The van der Waals surface area contributed by atoms with Crippen molar-refractivity contribution < 1.29 is 9.63 Å². The van der Waals surface area contributed by atoms with Gasteiger partial charge in [0.05, 0.1) is 6.42 Å². The minimum atomic E-state index is -0.756. The summed E-state index contributed by atoms with van der Waals surface area (Å²) in [7, 11) is 0. The van der Waals surface area contributed by atoms with Crippen LogP contribution in [0.1, 0.15) is 92.9 Å². The van der Waals surface area contributed by atoms with E-state index in [9.17, 15) is 4.79 Å². The van der Waals surface area contributed by atoms with E-state index >= 15 is 0 Å². The molecule has 3 atom stereocenters. The van der Waals surface area contributed by atoms with Crippen LogP contribution in [0.15, 0.2) is 4.99 Å². The van der Waals surface area contributed by atoms with Crippen LogP contribution in [0.3, 0.4) is 0 Å². The highest BCUT2D eigenvalue weighted by atomic mass is 16.7. The Kier molecular flexibility index (Phi) is 9.65. The molecule has 146 valence electrons. The van der Waals surface area contributed by atoms with Gasteiger partial charge in [0.1, 0.15) is 5.78 Å². The Balaban J connectivity index is 3.01. The maximum atomic E-state index is 12.8. The molecule has 0 radical (unpaired) electrons. The number of ketones is 1. The third-order valence-electron chi connectivity index (χ3n) is 5.29. The van der Waals surface area contributed by atoms with Crippen LogP contribution in [0.2, 0.25) is 0 Å². The first-order valence-corrected chi connectivity index (χ1v) is 10.2. The molecule has 1 aliphatic heterocycles. The second kappa shape index (κ2) is 10.9. The quantitative estimate of drug-likeness (QED) is 0.523. The zero-order valence-electron chi connectivity index (χ0n) is 17.2. The molecule has 0 aromatic rings. The standard InChI is InChI=1S/C20H39N3O2/c1-7-11-16(5)13-19(24)14-20(21-15-25-22-20)23(17(6)12-8-2)18(9-3)10-4/h15-18,22H,7-14H2,1-6H3. The smallest absolute Gasteiger partial charge is 0.208 e. The van der Waals surface area contributed by atoms with Crippen LogP contribution in [0, 0.1) is 5.92 Å². The van der Waals surface area contributed by atoms with Crippen LogP contribution in [-0.2, 0) is 9.63 Å². The van der Waals surface area contributed by atoms with Crippen LogP contribution < -0.4 is 5.48 Å². The number of Topliss-reactive ketones (excluding diaryl/α,β-unsaturated/α-hetero) is 1. The number of carbonyl (C=O) groups is 1. The molecule has 25 heavy (non-hydrogen) atoms. The third kappa shape index (κ3) is 6.07. The monoisotopic (exact) mass is 353 g/mol. The van der Waals surface area contributed by atoms with Crippen molar-refractivity contribution in [2.75, 3.05) is 0 Å². The zero-order chi connectivity index (χ0) is 18.9. The highest BCUT2D eigenvalue weighted by Gasteiger charge is 2.46. The number of aliphatic imine (C=N–C) groups is 1. The van der Waals surface area contributed by atoms with Gasteiger partial charge in [-0.2, -0.15) is 0 Å². The molecule has 0 fully saturated rings. The number of hydroxylamine groups is 1. The highest BCUT2D eigenvalue weighted by molar-refractivity contribution is 5.80. The normalized spacial score (nSPS) is 22.4. The molecule has 5 heteroatoms. The van der Waals surface area contributed by atoms with Crippen LogP contribution >= 0.6 is 0 Å². The molecule has 0 aromatic carbocycles. The van der Waals surface area contributed by atoms with Gasteiger partial charge in [0, 0.05) is 18.5 Å². The average Bonchev–Trinajstić information content (AvgIpc) is 3.01. The number of carbonyl (C=O) groups excluding carboxylic acids is 1. The van der Waals surface area contributed by atoms with Gasteiger partial charge in [0.25, 0.3) is 0 Å². The van der Waals surface area contributed by atoms with Crippen LogP contribution in [-0.4, -0.2) is 35.0 Å². The lowest BCUT2D eigenvalue weighted by Gasteiger charge is -2.45. The summed E-state index contributed by atoms with van der Waals surface area (Å²) < 4.78 is 0. The van der Waals surface area contributed by atoms with Crippen LogP contribution in [0.5, 0.6) is 0 Å². The van der Waals surface area contributed by atoms with Crippen LogP contribution in [0.4, 0.5) is 0 Å². The lowest BCUT2D eigenvalue weighted by molar-refractivity contribution is -0.129. The summed E-state index contributed by atoms with van der Waals surface area (Å²) >= 11 is 0. The first kappa shape index (κ1) is 22.1. The molecule has 5 nitrogen and oxygen atoms in total. The largest absolute Gasteiger partial charge is 0.393 e. The molecule has 0 bridgehead atoms. The van der Waals surface area contributed by atoms with Crippen molar-refractivity contribution in [1.82, 2.24) is 10.4 Å². The van der Waals surface area contributed by atoms with Crippen molar-refractivity contribution in [3.05, 3.63) is 0 Å². The molecule has 0 aromatic heterocycles. The number of nitrogens with one attached hydrogen (secondary N) is 1. The molecule has 0 saturated heterocycles. The molecule has 0 amide bonds. The van der Waals surface area contributed by atoms with Crippen molar-refractivity contribution in [2.24, 2.45) is 10.9 Å². The Labute approximate surface area is 154 Å². The molecule has 0 spiro atoms. The second-order valence-electron chi connectivity index (χ2n) is 7.60. The predicted octanol–water partition coefficient (Wildman–Crippen LogP) is 4.67. The number of hydrogen-bond acceptors (Lipinski definition) is 5. The number of nitrogens with zero attached hydrogens (tertiary/aromatic N) is 2. The number of hydrogen-bond donors (Lipinski definition) is 1. The Morgan fingerprint density at radius 2 is 1.80 bits per heavy atom. The Morgan fingerprint density at radius 1 is 1.16 bits per heavy atom. The molecule has 1 heterocycles. The summed E-state index contributed by atoms with van der Waals surface area (Å²) in [6.45, 7) is 13.2. The highest BCUT2D eigenvalue weighted by Crippen LogP contribution is 2.32. The minimum Gasteiger partial charge on any atom is -0.393 e. The third-order valence-corrected chi connectivity index (χ3v) is 5.29. The van der Waals surface area contributed by atoms with Crippen molar-refractivity contribution >= 4 is 12.2 Å². The van der Waals surface area contributed by atoms with E-state index in [0.29, 0.717) is 30.8 Å². The lowest BCUT2D eigenvalue weighted by Crippen LogP contribution is -2.62. The fourth-order valence-electron chi connectivity index (χ4n) is 4.15. The first-order chi connectivity index (χ1) is 11.9. The SMILES string of the molecule is CCCC(C)CC(=O)CC1(N(C(C)CCC)C(CC)CC)N=CON1. The molecule has 3 unspecified atom stereocenters. The maximum Gasteiger partial charge on any atom is 0.208 e. The fraction of sp³-hybridized carbons (Fsp3) is 0.900. The van der Waals surface area contributed by atoms with E-state index in [1.54, 1.807) is 0 Å². The Bertz CT molecular complexity index is 423. The maximum absolute atomic E-state index is 12.8. The summed E-state index contributed by atoms with van der Waals surface area (Å²) in [6, 6.07) is 0.705. The summed E-state index contributed by atoms with van der Waals surface area (Å²) in [5.41, 5.74) is 3.08. The summed E-state index contributed by atoms with van der Waals surface area (Å²) in [4.78, 5) is 25.1. The molecule has 1 N–H and O–H groups in total. The molecule has 1 rings (SSSR count). The van der Waals surface area contributed by atoms with Gasteiger partial charge in [-0.15, -0.1) is 5.48 Å². The van der Waals surface area contributed by atoms with Gasteiger partial charge in [-0.1, -0.05) is 53.9 Å². The predicted molar refractivity (Wildman–Crippen MR) is 104 cm³/mol. The Hall–Kier alpha value is -0.940. The van der Waals surface area contributed by atoms with E-state index < -0.39 is 5.79 Å². The fourth-order valence-corrected chi connectivity index (χ4v) is 4.15. The minimum absolute atomic E-state index is 0.260. The first-order valence-electron chi connectivity index (χ1n) is 10.2. The zero-order valence-corrected chi connectivity index (χ0v) is 17.2. The summed E-state index contributed by atoms with van der Waals surface area (Å²) in [5, 5.41) is 0. The van der Waals surface area contributed by atoms with E-state index in [-0.39, 0.29) is 5.78 Å².